The quantitative estimate of drug-likeness (QED) is 0.676. The molecular weight excluding hydrogens is 247 g/mol. The number of nitrogens with two attached hydrogens (primary N) is 1. The summed E-state index contributed by atoms with van der Waals surface area (Å²) in [5.41, 5.74) is 6.78. The van der Waals surface area contributed by atoms with Crippen LogP contribution in [0.3, 0.4) is 0 Å². The first kappa shape index (κ1) is 13.0. The number of pyridine rings is 1. The van der Waals surface area contributed by atoms with Crippen LogP contribution in [0.4, 0.5) is 10.1 Å². The molecule has 0 fully saturated rings. The van der Waals surface area contributed by atoms with Crippen LogP contribution in [-0.4, -0.2) is 17.6 Å². The predicted molar refractivity (Wildman–Crippen MR) is 69.0 cm³/mol. The second-order valence-corrected chi connectivity index (χ2v) is 3.98. The van der Waals surface area contributed by atoms with Crippen LogP contribution >= 0.6 is 0 Å². The molecule has 0 aliphatic carbocycles. The molecule has 0 aliphatic rings. The highest BCUT2D eigenvalue weighted by Gasteiger charge is 2.11. The summed E-state index contributed by atoms with van der Waals surface area (Å²) in [4.78, 5) is 15.7. The van der Waals surface area contributed by atoms with Gasteiger partial charge in [-0.2, -0.15) is 0 Å². The molecule has 98 valence electrons. The Labute approximate surface area is 110 Å². The smallest absolute Gasteiger partial charge is 0.340 e. The summed E-state index contributed by atoms with van der Waals surface area (Å²) in [5.74, 6) is -1.04. The molecule has 1 heterocycles. The molecule has 1 aromatic heterocycles. The number of benzene rings is 1. The summed E-state index contributed by atoms with van der Waals surface area (Å²) in [7, 11) is 0. The number of rotatable bonds is 4. The van der Waals surface area contributed by atoms with Gasteiger partial charge in [-0.05, 0) is 29.8 Å². The molecule has 2 aromatic rings. The van der Waals surface area contributed by atoms with Crippen molar-refractivity contribution in [1.82, 2.24) is 4.98 Å². The molecule has 2 rings (SSSR count). The van der Waals surface area contributed by atoms with E-state index in [1.54, 1.807) is 12.4 Å². The maximum Gasteiger partial charge on any atom is 0.340 e. The summed E-state index contributed by atoms with van der Waals surface area (Å²) >= 11 is 0. The zero-order chi connectivity index (χ0) is 13.7. The van der Waals surface area contributed by atoms with Gasteiger partial charge in [0.2, 0.25) is 0 Å². The Kier molecular flexibility index (Phi) is 4.07. The van der Waals surface area contributed by atoms with E-state index in [0.717, 1.165) is 11.6 Å². The summed E-state index contributed by atoms with van der Waals surface area (Å²) < 4.78 is 17.9. The number of hydrogen-bond acceptors (Lipinski definition) is 4. The monoisotopic (exact) mass is 260 g/mol. The number of halogens is 1. The van der Waals surface area contributed by atoms with E-state index in [1.165, 1.54) is 12.1 Å². The number of anilines is 1. The zero-order valence-corrected chi connectivity index (χ0v) is 10.2. The first-order chi connectivity index (χ1) is 9.16. The van der Waals surface area contributed by atoms with Gasteiger partial charge in [-0.3, -0.25) is 4.98 Å². The van der Waals surface area contributed by atoms with Gasteiger partial charge in [-0.15, -0.1) is 0 Å². The molecule has 0 saturated carbocycles. The minimum atomic E-state index is -0.554. The Morgan fingerprint density at radius 3 is 2.89 bits per heavy atom. The standard InChI is InChI=1S/C14H13FN2O2/c15-11-3-4-12(13(16)8-11)14(18)19-7-5-10-2-1-6-17-9-10/h1-4,6,8-9H,5,7,16H2. The number of carbonyl (C=O) groups is 1. The van der Waals surface area contributed by atoms with Crippen molar-refractivity contribution in [3.05, 3.63) is 59.7 Å². The second-order valence-electron chi connectivity index (χ2n) is 3.98. The topological polar surface area (TPSA) is 65.2 Å². The number of carbonyl (C=O) groups excluding carboxylic acids is 1. The fourth-order valence-electron chi connectivity index (χ4n) is 1.60. The number of nitrogens with zero attached hydrogens (tertiary/aromatic N) is 1. The number of esters is 1. The molecule has 2 N–H and O–H groups in total. The third-order valence-corrected chi connectivity index (χ3v) is 2.58. The van der Waals surface area contributed by atoms with E-state index < -0.39 is 11.8 Å². The van der Waals surface area contributed by atoms with Gasteiger partial charge in [-0.1, -0.05) is 6.07 Å². The van der Waals surface area contributed by atoms with Crippen molar-refractivity contribution in [2.45, 2.75) is 6.42 Å². The van der Waals surface area contributed by atoms with E-state index in [4.69, 9.17) is 10.5 Å². The Morgan fingerprint density at radius 1 is 1.37 bits per heavy atom. The number of hydrogen-bond donors (Lipinski definition) is 1. The molecular formula is C14H13FN2O2. The predicted octanol–water partition coefficient (Wildman–Crippen LogP) is 2.20. The van der Waals surface area contributed by atoms with Gasteiger partial charge in [0.1, 0.15) is 5.82 Å². The van der Waals surface area contributed by atoms with Crippen molar-refractivity contribution in [2.75, 3.05) is 12.3 Å². The highest BCUT2D eigenvalue weighted by molar-refractivity contribution is 5.94. The van der Waals surface area contributed by atoms with E-state index >= 15 is 0 Å². The Bertz CT molecular complexity index is 573. The van der Waals surface area contributed by atoms with Crippen molar-refractivity contribution >= 4 is 11.7 Å². The largest absolute Gasteiger partial charge is 0.462 e. The molecule has 0 saturated heterocycles. The molecule has 0 unspecified atom stereocenters. The minimum Gasteiger partial charge on any atom is -0.462 e. The van der Waals surface area contributed by atoms with Gasteiger partial charge < -0.3 is 10.5 Å². The summed E-state index contributed by atoms with van der Waals surface area (Å²) in [6.07, 6.45) is 3.95. The van der Waals surface area contributed by atoms with Crippen LogP contribution in [0.5, 0.6) is 0 Å². The van der Waals surface area contributed by atoms with Gasteiger partial charge >= 0.3 is 5.97 Å². The van der Waals surface area contributed by atoms with E-state index in [-0.39, 0.29) is 17.9 Å². The van der Waals surface area contributed by atoms with E-state index in [2.05, 4.69) is 4.98 Å². The van der Waals surface area contributed by atoms with Crippen LogP contribution in [0.15, 0.2) is 42.7 Å². The lowest BCUT2D eigenvalue weighted by atomic mass is 10.2. The molecule has 19 heavy (non-hydrogen) atoms. The summed E-state index contributed by atoms with van der Waals surface area (Å²) in [6.45, 7) is 0.224. The molecule has 0 aliphatic heterocycles. The van der Waals surface area contributed by atoms with Gasteiger partial charge in [-0.25, -0.2) is 9.18 Å². The van der Waals surface area contributed by atoms with Crippen LogP contribution in [0.2, 0.25) is 0 Å². The molecule has 1 aromatic carbocycles. The molecule has 0 amide bonds. The fraction of sp³-hybridized carbons (Fsp3) is 0.143. The molecule has 0 atom stereocenters. The van der Waals surface area contributed by atoms with Gasteiger partial charge in [0.25, 0.3) is 0 Å². The maximum atomic E-state index is 12.8. The van der Waals surface area contributed by atoms with Crippen LogP contribution in [0, 0.1) is 5.82 Å². The zero-order valence-electron chi connectivity index (χ0n) is 10.2. The average Bonchev–Trinajstić information content (AvgIpc) is 2.39. The first-order valence-corrected chi connectivity index (χ1v) is 5.78. The van der Waals surface area contributed by atoms with Crippen molar-refractivity contribution < 1.29 is 13.9 Å². The van der Waals surface area contributed by atoms with Gasteiger partial charge in [0.15, 0.2) is 0 Å². The minimum absolute atomic E-state index is 0.0753. The van der Waals surface area contributed by atoms with Crippen molar-refractivity contribution in [3.63, 3.8) is 0 Å². The molecule has 5 heteroatoms. The Hall–Kier alpha value is -2.43. The third-order valence-electron chi connectivity index (χ3n) is 2.58. The van der Waals surface area contributed by atoms with E-state index in [1.807, 2.05) is 12.1 Å². The lowest BCUT2D eigenvalue weighted by Crippen LogP contribution is -2.10. The summed E-state index contributed by atoms with van der Waals surface area (Å²) in [6, 6.07) is 7.30. The number of nitrogen functional groups attached to an aromatic ring is 1. The first-order valence-electron chi connectivity index (χ1n) is 5.78. The summed E-state index contributed by atoms with van der Waals surface area (Å²) in [5, 5.41) is 0. The molecule has 4 nitrogen and oxygen atoms in total. The fourth-order valence-corrected chi connectivity index (χ4v) is 1.60. The molecule has 0 bridgehead atoms. The van der Waals surface area contributed by atoms with Crippen molar-refractivity contribution in [2.24, 2.45) is 0 Å². The number of aromatic nitrogens is 1. The van der Waals surface area contributed by atoms with Crippen LogP contribution in [-0.2, 0) is 11.2 Å². The lowest BCUT2D eigenvalue weighted by Gasteiger charge is -2.07. The SMILES string of the molecule is Nc1cc(F)ccc1C(=O)OCCc1cccnc1. The number of ether oxygens (including phenoxy) is 1. The van der Waals surface area contributed by atoms with Crippen LogP contribution < -0.4 is 5.73 Å². The Balaban J connectivity index is 1.91. The molecule has 0 radical (unpaired) electrons. The van der Waals surface area contributed by atoms with Crippen molar-refractivity contribution in [3.8, 4) is 0 Å². The highest BCUT2D eigenvalue weighted by atomic mass is 19.1. The normalized spacial score (nSPS) is 10.2. The van der Waals surface area contributed by atoms with Crippen LogP contribution in [0.1, 0.15) is 15.9 Å². The third kappa shape index (κ3) is 3.51. The molecule has 0 spiro atoms. The van der Waals surface area contributed by atoms with Gasteiger partial charge in [0, 0.05) is 24.5 Å². The van der Waals surface area contributed by atoms with Crippen LogP contribution in [0.25, 0.3) is 0 Å². The van der Waals surface area contributed by atoms with Gasteiger partial charge in [0.05, 0.1) is 12.2 Å². The lowest BCUT2D eigenvalue weighted by molar-refractivity contribution is 0.0510. The van der Waals surface area contributed by atoms with E-state index in [9.17, 15) is 9.18 Å². The average molecular weight is 260 g/mol. The highest BCUT2D eigenvalue weighted by Crippen LogP contribution is 2.14. The van der Waals surface area contributed by atoms with E-state index in [0.29, 0.717) is 6.42 Å². The maximum absolute atomic E-state index is 12.8. The second kappa shape index (κ2) is 5.95. The Morgan fingerprint density at radius 2 is 2.21 bits per heavy atom. The van der Waals surface area contributed by atoms with Crippen molar-refractivity contribution in [1.29, 1.82) is 0 Å².